The molecule has 19 heavy (non-hydrogen) atoms. The smallest absolute Gasteiger partial charge is 0.165 e. The van der Waals surface area contributed by atoms with Gasteiger partial charge in [-0.15, -0.1) is 0 Å². The molecule has 5 nitrogen and oxygen atoms in total. The van der Waals surface area contributed by atoms with Gasteiger partial charge in [0, 0.05) is 6.04 Å². The first-order valence-electron chi connectivity index (χ1n) is 6.06. The maximum atomic E-state index is 13.6. The van der Waals surface area contributed by atoms with Crippen LogP contribution < -0.4 is 10.1 Å². The van der Waals surface area contributed by atoms with E-state index in [4.69, 9.17) is 4.74 Å². The van der Waals surface area contributed by atoms with E-state index in [9.17, 15) is 4.39 Å². The van der Waals surface area contributed by atoms with Crippen molar-refractivity contribution in [2.75, 3.05) is 7.11 Å². The van der Waals surface area contributed by atoms with Crippen LogP contribution in [0.5, 0.6) is 5.75 Å². The van der Waals surface area contributed by atoms with Crippen LogP contribution in [-0.4, -0.2) is 22.3 Å². The minimum Gasteiger partial charge on any atom is -0.494 e. The van der Waals surface area contributed by atoms with Gasteiger partial charge in [-0.3, -0.25) is 5.10 Å². The standard InChI is InChI=1S/C13H17FN4O/c1-8(17-9(2)13-15-7-16-18-13)10-4-5-12(19-3)11(14)6-10/h4-9,17H,1-3H3,(H,15,16,18). The topological polar surface area (TPSA) is 62.8 Å². The molecule has 0 amide bonds. The lowest BCUT2D eigenvalue weighted by molar-refractivity contribution is 0.385. The molecular weight excluding hydrogens is 247 g/mol. The van der Waals surface area contributed by atoms with Crippen LogP contribution in [0.3, 0.4) is 0 Å². The predicted molar refractivity (Wildman–Crippen MR) is 69.3 cm³/mol. The van der Waals surface area contributed by atoms with E-state index in [1.807, 2.05) is 19.9 Å². The molecule has 102 valence electrons. The first kappa shape index (κ1) is 13.5. The maximum Gasteiger partial charge on any atom is 0.165 e. The van der Waals surface area contributed by atoms with E-state index >= 15 is 0 Å². The van der Waals surface area contributed by atoms with Gasteiger partial charge in [0.05, 0.1) is 13.2 Å². The van der Waals surface area contributed by atoms with Crippen LogP contribution in [0.1, 0.15) is 37.3 Å². The Labute approximate surface area is 111 Å². The summed E-state index contributed by atoms with van der Waals surface area (Å²) in [5, 5.41) is 9.94. The number of ether oxygens (including phenoxy) is 1. The summed E-state index contributed by atoms with van der Waals surface area (Å²) in [6.45, 7) is 3.94. The Morgan fingerprint density at radius 1 is 1.32 bits per heavy atom. The van der Waals surface area contributed by atoms with E-state index in [1.54, 1.807) is 6.07 Å². The van der Waals surface area contributed by atoms with E-state index in [-0.39, 0.29) is 23.7 Å². The summed E-state index contributed by atoms with van der Waals surface area (Å²) >= 11 is 0. The Bertz CT molecular complexity index is 529. The third-order valence-electron chi connectivity index (χ3n) is 3.02. The van der Waals surface area contributed by atoms with Gasteiger partial charge in [-0.05, 0) is 31.5 Å². The first-order chi connectivity index (χ1) is 9.11. The molecule has 0 aliphatic heterocycles. The number of halogens is 1. The Hall–Kier alpha value is -1.95. The lowest BCUT2D eigenvalue weighted by atomic mass is 10.1. The van der Waals surface area contributed by atoms with Crippen LogP contribution in [0.25, 0.3) is 0 Å². The second kappa shape index (κ2) is 5.79. The molecule has 0 aliphatic carbocycles. The highest BCUT2D eigenvalue weighted by Gasteiger charge is 2.14. The summed E-state index contributed by atoms with van der Waals surface area (Å²) in [4.78, 5) is 4.08. The van der Waals surface area contributed by atoms with Crippen molar-refractivity contribution < 1.29 is 9.13 Å². The number of nitrogens with one attached hydrogen (secondary N) is 2. The predicted octanol–water partition coefficient (Wildman–Crippen LogP) is 2.36. The number of rotatable bonds is 5. The lowest BCUT2D eigenvalue weighted by Gasteiger charge is -2.19. The lowest BCUT2D eigenvalue weighted by Crippen LogP contribution is -2.23. The number of hydrogen-bond acceptors (Lipinski definition) is 4. The summed E-state index contributed by atoms with van der Waals surface area (Å²) in [6, 6.07) is 4.93. The van der Waals surface area contributed by atoms with Gasteiger partial charge >= 0.3 is 0 Å². The van der Waals surface area contributed by atoms with Crippen LogP contribution in [0.4, 0.5) is 4.39 Å². The third kappa shape index (κ3) is 3.08. The molecule has 1 aromatic carbocycles. The minimum absolute atomic E-state index is 0.00247. The van der Waals surface area contributed by atoms with Gasteiger partial charge < -0.3 is 10.1 Å². The fourth-order valence-corrected chi connectivity index (χ4v) is 1.93. The van der Waals surface area contributed by atoms with Crippen molar-refractivity contribution in [1.82, 2.24) is 20.5 Å². The Morgan fingerprint density at radius 3 is 2.68 bits per heavy atom. The van der Waals surface area contributed by atoms with Gasteiger partial charge in [0.2, 0.25) is 0 Å². The molecule has 2 N–H and O–H groups in total. The van der Waals surface area contributed by atoms with Gasteiger partial charge in [0.15, 0.2) is 11.6 Å². The van der Waals surface area contributed by atoms with Gasteiger partial charge in [-0.1, -0.05) is 6.07 Å². The molecule has 0 spiro atoms. The van der Waals surface area contributed by atoms with E-state index in [1.165, 1.54) is 19.5 Å². The molecule has 0 bridgehead atoms. The van der Waals surface area contributed by atoms with E-state index in [0.29, 0.717) is 0 Å². The molecule has 1 aromatic heterocycles. The van der Waals surface area contributed by atoms with Crippen LogP contribution in [0.15, 0.2) is 24.5 Å². The molecule has 0 saturated carbocycles. The molecule has 2 rings (SSSR count). The molecule has 0 aliphatic rings. The van der Waals surface area contributed by atoms with E-state index < -0.39 is 0 Å². The van der Waals surface area contributed by atoms with E-state index in [2.05, 4.69) is 20.5 Å². The maximum absolute atomic E-state index is 13.6. The SMILES string of the molecule is COc1ccc(C(C)NC(C)c2ncn[nH]2)cc1F. The number of nitrogens with zero attached hydrogens (tertiary/aromatic N) is 2. The highest BCUT2D eigenvalue weighted by atomic mass is 19.1. The number of H-pyrrole nitrogens is 1. The van der Waals surface area contributed by atoms with Crippen LogP contribution >= 0.6 is 0 Å². The van der Waals surface area contributed by atoms with E-state index in [0.717, 1.165) is 11.4 Å². The van der Waals surface area contributed by atoms with Gasteiger partial charge in [0.1, 0.15) is 12.2 Å². The fourth-order valence-electron chi connectivity index (χ4n) is 1.93. The monoisotopic (exact) mass is 264 g/mol. The van der Waals surface area contributed by atoms with Crippen LogP contribution in [0, 0.1) is 5.82 Å². The highest BCUT2D eigenvalue weighted by Crippen LogP contribution is 2.23. The molecule has 2 aromatic rings. The minimum atomic E-state index is -0.360. The summed E-state index contributed by atoms with van der Waals surface area (Å²) < 4.78 is 18.5. The molecule has 6 heteroatoms. The zero-order chi connectivity index (χ0) is 13.8. The summed E-state index contributed by atoms with van der Waals surface area (Å²) in [7, 11) is 1.45. The number of benzene rings is 1. The zero-order valence-corrected chi connectivity index (χ0v) is 11.1. The average molecular weight is 264 g/mol. The summed E-state index contributed by atoms with van der Waals surface area (Å²) in [6.07, 6.45) is 1.46. The number of aromatic nitrogens is 3. The molecular formula is C13H17FN4O. The van der Waals surface area contributed by atoms with Crippen molar-refractivity contribution in [1.29, 1.82) is 0 Å². The van der Waals surface area contributed by atoms with Crippen LogP contribution in [-0.2, 0) is 0 Å². The quantitative estimate of drug-likeness (QED) is 0.870. The number of methoxy groups -OCH3 is 1. The highest BCUT2D eigenvalue weighted by molar-refractivity contribution is 5.30. The van der Waals surface area contributed by atoms with Crippen molar-refractivity contribution in [3.63, 3.8) is 0 Å². The third-order valence-corrected chi connectivity index (χ3v) is 3.02. The Balaban J connectivity index is 2.07. The van der Waals surface area contributed by atoms with Crippen molar-refractivity contribution in [2.45, 2.75) is 25.9 Å². The summed E-state index contributed by atoms with van der Waals surface area (Å²) in [5.74, 6) is 0.640. The average Bonchev–Trinajstić information content (AvgIpc) is 2.92. The molecule has 0 fully saturated rings. The van der Waals surface area contributed by atoms with Crippen molar-refractivity contribution in [3.8, 4) is 5.75 Å². The second-order valence-corrected chi connectivity index (χ2v) is 4.37. The Kier molecular flexibility index (Phi) is 4.11. The molecule has 0 saturated heterocycles. The van der Waals surface area contributed by atoms with Gasteiger partial charge in [0.25, 0.3) is 0 Å². The molecule has 0 radical (unpaired) electrons. The van der Waals surface area contributed by atoms with Crippen molar-refractivity contribution >= 4 is 0 Å². The zero-order valence-electron chi connectivity index (χ0n) is 11.1. The normalized spacial score (nSPS) is 14.1. The molecule has 2 atom stereocenters. The summed E-state index contributed by atoms with van der Waals surface area (Å²) in [5.41, 5.74) is 0.852. The van der Waals surface area contributed by atoms with Gasteiger partial charge in [-0.2, -0.15) is 5.10 Å². The van der Waals surface area contributed by atoms with Crippen molar-refractivity contribution in [3.05, 3.63) is 41.7 Å². The van der Waals surface area contributed by atoms with Crippen molar-refractivity contribution in [2.24, 2.45) is 0 Å². The van der Waals surface area contributed by atoms with Crippen LogP contribution in [0.2, 0.25) is 0 Å². The largest absolute Gasteiger partial charge is 0.494 e. The molecule has 2 unspecified atom stereocenters. The Morgan fingerprint density at radius 2 is 2.11 bits per heavy atom. The fraction of sp³-hybridized carbons (Fsp3) is 0.385. The number of aromatic amines is 1. The van der Waals surface area contributed by atoms with Gasteiger partial charge in [-0.25, -0.2) is 9.37 Å². The second-order valence-electron chi connectivity index (χ2n) is 4.37. The number of hydrogen-bond donors (Lipinski definition) is 2. The molecule has 1 heterocycles. The first-order valence-corrected chi connectivity index (χ1v) is 6.06.